The number of allylic oxidation sites excluding steroid dienone is 1. The van der Waals surface area contributed by atoms with E-state index in [1.165, 1.54) is 35.4 Å². The van der Waals surface area contributed by atoms with Crippen molar-refractivity contribution in [1.82, 2.24) is 0 Å². The van der Waals surface area contributed by atoms with Crippen molar-refractivity contribution in [3.05, 3.63) is 63.9 Å². The number of anilines is 2. The fraction of sp³-hybridized carbons (Fsp3) is 0.0625. The summed E-state index contributed by atoms with van der Waals surface area (Å²) in [5.74, 6) is -0.425. The topological polar surface area (TPSA) is 61.2 Å². The van der Waals surface area contributed by atoms with Crippen molar-refractivity contribution in [1.29, 1.82) is 5.26 Å². The lowest BCUT2D eigenvalue weighted by Gasteiger charge is -2.27. The number of hydrogen-bond donors (Lipinski definition) is 0. The molecule has 0 saturated carbocycles. The molecule has 7 heteroatoms. The smallest absolute Gasteiger partial charge is 0.220 e. The van der Waals surface area contributed by atoms with Crippen LogP contribution in [0, 0.1) is 24.1 Å². The van der Waals surface area contributed by atoms with Crippen LogP contribution in [-0.2, 0) is 9.84 Å². The van der Waals surface area contributed by atoms with E-state index in [0.29, 0.717) is 16.3 Å². The third-order valence-corrected chi connectivity index (χ3v) is 5.48. The first-order valence-corrected chi connectivity index (χ1v) is 8.42. The summed E-state index contributed by atoms with van der Waals surface area (Å²) in [4.78, 5) is 0.999. The third kappa shape index (κ3) is 2.48. The van der Waals surface area contributed by atoms with Crippen LogP contribution in [-0.4, -0.2) is 8.42 Å². The largest absolute Gasteiger partial charge is 0.314 e. The van der Waals surface area contributed by atoms with E-state index in [4.69, 9.17) is 16.9 Å². The molecule has 2 aromatic carbocycles. The van der Waals surface area contributed by atoms with E-state index in [2.05, 4.69) is 0 Å². The molecule has 0 spiro atoms. The highest BCUT2D eigenvalue weighted by Gasteiger charge is 2.32. The van der Waals surface area contributed by atoms with Crippen molar-refractivity contribution in [3.8, 4) is 6.07 Å². The van der Waals surface area contributed by atoms with Crippen LogP contribution in [0.15, 0.2) is 52.4 Å². The highest BCUT2D eigenvalue weighted by atomic mass is 35.5. The Morgan fingerprint density at radius 1 is 1.22 bits per heavy atom. The quantitative estimate of drug-likeness (QED) is 0.779. The average molecular weight is 349 g/mol. The lowest BCUT2D eigenvalue weighted by atomic mass is 10.2. The number of hydrogen-bond acceptors (Lipinski definition) is 4. The molecule has 0 aromatic heterocycles. The van der Waals surface area contributed by atoms with E-state index in [0.717, 1.165) is 0 Å². The van der Waals surface area contributed by atoms with E-state index in [1.54, 1.807) is 25.1 Å². The molecule has 3 rings (SSSR count). The van der Waals surface area contributed by atoms with Crippen LogP contribution in [0.5, 0.6) is 0 Å². The van der Waals surface area contributed by atoms with E-state index >= 15 is 0 Å². The van der Waals surface area contributed by atoms with Gasteiger partial charge in [0.05, 0.1) is 10.6 Å². The summed E-state index contributed by atoms with van der Waals surface area (Å²) >= 11 is 5.97. The van der Waals surface area contributed by atoms with Gasteiger partial charge in [0.15, 0.2) is 4.91 Å². The molecule has 0 atom stereocenters. The molecule has 1 heterocycles. The van der Waals surface area contributed by atoms with Crippen LogP contribution in [0.4, 0.5) is 15.8 Å². The number of sulfone groups is 1. The first-order chi connectivity index (χ1) is 10.8. The van der Waals surface area contributed by atoms with Crippen LogP contribution in [0.25, 0.3) is 0 Å². The molecule has 1 aliphatic heterocycles. The zero-order chi connectivity index (χ0) is 16.8. The lowest BCUT2D eigenvalue weighted by Crippen LogP contribution is -2.21. The lowest BCUT2D eigenvalue weighted by molar-refractivity contribution is 0.602. The molecule has 116 valence electrons. The summed E-state index contributed by atoms with van der Waals surface area (Å²) in [7, 11) is -3.90. The minimum atomic E-state index is -3.90. The molecule has 23 heavy (non-hydrogen) atoms. The second-order valence-corrected chi connectivity index (χ2v) is 7.35. The molecule has 0 unspecified atom stereocenters. The standard InChI is InChI=1S/C16H10ClFN2O2S/c1-10-2-4-12(7-14(10)18)20-9-13(8-19)23(21,22)16-5-3-11(17)6-15(16)20/h2-7,9H,1H3. The Morgan fingerprint density at radius 3 is 2.61 bits per heavy atom. The number of nitrogens with zero attached hydrogens (tertiary/aromatic N) is 2. The fourth-order valence-electron chi connectivity index (χ4n) is 2.31. The molecule has 0 radical (unpaired) electrons. The van der Waals surface area contributed by atoms with Gasteiger partial charge in [0, 0.05) is 16.9 Å². The first-order valence-electron chi connectivity index (χ1n) is 6.56. The molecule has 0 saturated heterocycles. The van der Waals surface area contributed by atoms with Crippen molar-refractivity contribution < 1.29 is 12.8 Å². The molecule has 0 amide bonds. The summed E-state index contributed by atoms with van der Waals surface area (Å²) in [6, 6.07) is 10.4. The van der Waals surface area contributed by atoms with Gasteiger partial charge in [-0.15, -0.1) is 0 Å². The molecule has 0 bridgehead atoms. The summed E-state index contributed by atoms with van der Waals surface area (Å²) in [6.45, 7) is 1.63. The normalized spacial score (nSPS) is 15.6. The molecule has 2 aromatic rings. The van der Waals surface area contributed by atoms with Crippen LogP contribution < -0.4 is 4.90 Å². The van der Waals surface area contributed by atoms with Gasteiger partial charge in [0.25, 0.3) is 0 Å². The van der Waals surface area contributed by atoms with Crippen molar-refractivity contribution in [2.45, 2.75) is 11.8 Å². The molecule has 0 fully saturated rings. The maximum absolute atomic E-state index is 13.9. The highest BCUT2D eigenvalue weighted by Crippen LogP contribution is 2.40. The number of fused-ring (bicyclic) bond motifs is 1. The van der Waals surface area contributed by atoms with Crippen LogP contribution in [0.1, 0.15) is 5.56 Å². The van der Waals surface area contributed by atoms with Crippen molar-refractivity contribution in [2.75, 3.05) is 4.90 Å². The number of rotatable bonds is 1. The number of halogens is 2. The monoisotopic (exact) mass is 348 g/mol. The molecule has 0 N–H and O–H groups in total. The summed E-state index contributed by atoms with van der Waals surface area (Å²) in [5, 5.41) is 9.48. The van der Waals surface area contributed by atoms with Gasteiger partial charge < -0.3 is 4.90 Å². The van der Waals surface area contributed by atoms with E-state index in [-0.39, 0.29) is 10.6 Å². The van der Waals surface area contributed by atoms with Gasteiger partial charge in [-0.05, 0) is 42.8 Å². The third-order valence-electron chi connectivity index (χ3n) is 3.55. The van der Waals surface area contributed by atoms with E-state index < -0.39 is 20.6 Å². The average Bonchev–Trinajstić information content (AvgIpc) is 2.50. The molecular weight excluding hydrogens is 339 g/mol. The predicted octanol–water partition coefficient (Wildman–Crippen LogP) is 4.08. The Morgan fingerprint density at radius 2 is 1.96 bits per heavy atom. The SMILES string of the molecule is Cc1ccc(N2C=C(C#N)S(=O)(=O)c3ccc(Cl)cc32)cc1F. The van der Waals surface area contributed by atoms with Gasteiger partial charge in [-0.25, -0.2) is 12.8 Å². The fourth-order valence-corrected chi connectivity index (χ4v) is 3.76. The van der Waals surface area contributed by atoms with Gasteiger partial charge in [-0.3, -0.25) is 0 Å². The predicted molar refractivity (Wildman–Crippen MR) is 85.6 cm³/mol. The Balaban J connectivity index is 2.30. The molecule has 0 aliphatic carbocycles. The Hall–Kier alpha value is -2.36. The minimum Gasteiger partial charge on any atom is -0.314 e. The highest BCUT2D eigenvalue weighted by molar-refractivity contribution is 7.95. The summed E-state index contributed by atoms with van der Waals surface area (Å²) in [5.41, 5.74) is 1.15. The van der Waals surface area contributed by atoms with E-state index in [9.17, 15) is 12.8 Å². The van der Waals surface area contributed by atoms with Crippen molar-refractivity contribution >= 4 is 32.8 Å². The van der Waals surface area contributed by atoms with Crippen LogP contribution in [0.3, 0.4) is 0 Å². The molecule has 4 nitrogen and oxygen atoms in total. The zero-order valence-corrected chi connectivity index (χ0v) is 13.5. The Bertz CT molecular complexity index is 994. The maximum Gasteiger partial charge on any atom is 0.220 e. The van der Waals surface area contributed by atoms with Gasteiger partial charge in [0.1, 0.15) is 11.9 Å². The molecular formula is C16H10ClFN2O2S. The second kappa shape index (κ2) is 5.37. The van der Waals surface area contributed by atoms with Crippen molar-refractivity contribution in [3.63, 3.8) is 0 Å². The minimum absolute atomic E-state index is 0.0399. The van der Waals surface area contributed by atoms with Gasteiger partial charge >= 0.3 is 0 Å². The van der Waals surface area contributed by atoms with E-state index in [1.807, 2.05) is 0 Å². The summed E-state index contributed by atoms with van der Waals surface area (Å²) in [6.07, 6.45) is 1.18. The van der Waals surface area contributed by atoms with Crippen LogP contribution in [0.2, 0.25) is 5.02 Å². The van der Waals surface area contributed by atoms with Gasteiger partial charge in [0.2, 0.25) is 9.84 Å². The maximum atomic E-state index is 13.9. The zero-order valence-electron chi connectivity index (χ0n) is 11.9. The first kappa shape index (κ1) is 15.5. The number of nitriles is 1. The van der Waals surface area contributed by atoms with Gasteiger partial charge in [-0.1, -0.05) is 17.7 Å². The Labute approximate surface area is 137 Å². The second-order valence-electron chi connectivity index (χ2n) is 5.02. The van der Waals surface area contributed by atoms with Gasteiger partial charge in [-0.2, -0.15) is 5.26 Å². The summed E-state index contributed by atoms with van der Waals surface area (Å²) < 4.78 is 38.7. The number of benzene rings is 2. The number of aryl methyl sites for hydroxylation is 1. The Kier molecular flexibility index (Phi) is 3.63. The van der Waals surface area contributed by atoms with Crippen molar-refractivity contribution in [2.24, 2.45) is 0 Å². The molecule has 1 aliphatic rings. The van der Waals surface area contributed by atoms with Crippen LogP contribution >= 0.6 is 11.6 Å².